The van der Waals surface area contributed by atoms with Gasteiger partial charge in [-0.25, -0.2) is 0 Å². The van der Waals surface area contributed by atoms with Crippen molar-refractivity contribution in [1.82, 2.24) is 5.32 Å². The third-order valence-electron chi connectivity index (χ3n) is 4.73. The van der Waals surface area contributed by atoms with Crippen molar-refractivity contribution in [3.63, 3.8) is 0 Å². The first-order chi connectivity index (χ1) is 15.1. The average molecular weight is 418 g/mol. The third-order valence-corrected chi connectivity index (χ3v) is 4.73. The van der Waals surface area contributed by atoms with E-state index in [2.05, 4.69) is 5.32 Å². The van der Waals surface area contributed by atoms with Crippen molar-refractivity contribution >= 4 is 11.7 Å². The minimum atomic E-state index is -0.210. The topological polar surface area (TPSA) is 64.6 Å². The van der Waals surface area contributed by atoms with Crippen molar-refractivity contribution in [1.29, 1.82) is 0 Å². The van der Waals surface area contributed by atoms with E-state index in [9.17, 15) is 9.59 Å². The summed E-state index contributed by atoms with van der Waals surface area (Å²) in [5.41, 5.74) is 2.59. The minimum Gasteiger partial charge on any atom is -0.490 e. The second-order valence-corrected chi connectivity index (χ2v) is 6.93. The summed E-state index contributed by atoms with van der Waals surface area (Å²) in [6.07, 6.45) is 0.654. The molecule has 1 N–H and O–H groups in total. The molecule has 3 aromatic rings. The number of amides is 1. The number of nitrogens with one attached hydrogen (secondary N) is 1. The number of benzene rings is 3. The van der Waals surface area contributed by atoms with Crippen LogP contribution in [0.25, 0.3) is 0 Å². The summed E-state index contributed by atoms with van der Waals surface area (Å²) in [5, 5.41) is 2.92. The van der Waals surface area contributed by atoms with Crippen LogP contribution in [0.5, 0.6) is 11.5 Å². The molecule has 5 nitrogen and oxygen atoms in total. The summed E-state index contributed by atoms with van der Waals surface area (Å²) >= 11 is 0. The Kier molecular flexibility index (Phi) is 7.82. The highest BCUT2D eigenvalue weighted by Gasteiger charge is 2.12. The molecule has 0 radical (unpaired) electrons. The van der Waals surface area contributed by atoms with E-state index in [1.807, 2.05) is 50.2 Å². The molecule has 0 atom stereocenters. The monoisotopic (exact) mass is 417 g/mol. The molecule has 0 aliphatic rings. The van der Waals surface area contributed by atoms with Crippen molar-refractivity contribution in [2.24, 2.45) is 0 Å². The van der Waals surface area contributed by atoms with E-state index in [0.717, 1.165) is 11.3 Å². The third kappa shape index (κ3) is 5.95. The largest absolute Gasteiger partial charge is 0.490 e. The molecule has 5 heteroatoms. The molecule has 0 saturated heterocycles. The number of carbonyl (C=O) groups is 2. The number of hydrogen-bond acceptors (Lipinski definition) is 4. The molecule has 3 rings (SSSR count). The van der Waals surface area contributed by atoms with E-state index in [-0.39, 0.29) is 11.7 Å². The minimum absolute atomic E-state index is 0.104. The predicted octanol–water partition coefficient (Wildman–Crippen LogP) is 4.69. The van der Waals surface area contributed by atoms with E-state index in [1.54, 1.807) is 36.4 Å². The van der Waals surface area contributed by atoms with Crippen LogP contribution in [-0.4, -0.2) is 31.4 Å². The van der Waals surface area contributed by atoms with Crippen LogP contribution in [0.4, 0.5) is 0 Å². The molecule has 3 aromatic carbocycles. The summed E-state index contributed by atoms with van der Waals surface area (Å²) in [6, 6.07) is 21.6. The van der Waals surface area contributed by atoms with Crippen LogP contribution < -0.4 is 14.8 Å². The van der Waals surface area contributed by atoms with Gasteiger partial charge in [-0.3, -0.25) is 9.59 Å². The summed E-state index contributed by atoms with van der Waals surface area (Å²) in [6.45, 7) is 5.45. The Balaban J connectivity index is 1.61. The number of ketones is 1. The smallest absolute Gasteiger partial charge is 0.251 e. The molecule has 160 valence electrons. The van der Waals surface area contributed by atoms with Gasteiger partial charge in [0.05, 0.1) is 13.2 Å². The van der Waals surface area contributed by atoms with E-state index in [1.165, 1.54) is 0 Å². The van der Waals surface area contributed by atoms with E-state index < -0.39 is 0 Å². The molecule has 0 aromatic heterocycles. The molecule has 0 spiro atoms. The average Bonchev–Trinajstić information content (AvgIpc) is 2.81. The quantitative estimate of drug-likeness (QED) is 0.486. The number of rotatable bonds is 10. The van der Waals surface area contributed by atoms with E-state index >= 15 is 0 Å². The Bertz CT molecular complexity index is 1030. The summed E-state index contributed by atoms with van der Waals surface area (Å²) in [4.78, 5) is 25.2. The first kappa shape index (κ1) is 22.1. The lowest BCUT2D eigenvalue weighted by molar-refractivity contribution is 0.0954. The number of carbonyl (C=O) groups excluding carboxylic acids is 2. The highest BCUT2D eigenvalue weighted by Crippen LogP contribution is 2.28. The highest BCUT2D eigenvalue weighted by atomic mass is 16.5. The SMILES string of the molecule is CCOc1ccc(CCNC(=O)c2cccc(C(=O)c3ccccc3)c2)cc1OCC. The van der Waals surface area contributed by atoms with Gasteiger partial charge in [-0.1, -0.05) is 48.5 Å². The maximum Gasteiger partial charge on any atom is 0.251 e. The molecule has 0 aliphatic heterocycles. The van der Waals surface area contributed by atoms with Crippen LogP contribution in [0, 0.1) is 0 Å². The molecule has 0 fully saturated rings. The van der Waals surface area contributed by atoms with Crippen molar-refractivity contribution < 1.29 is 19.1 Å². The Hall–Kier alpha value is -3.60. The van der Waals surface area contributed by atoms with Gasteiger partial charge >= 0.3 is 0 Å². The summed E-state index contributed by atoms with van der Waals surface area (Å²) < 4.78 is 11.2. The first-order valence-electron chi connectivity index (χ1n) is 10.5. The van der Waals surface area contributed by atoms with Crippen molar-refractivity contribution in [3.05, 3.63) is 95.1 Å². The fourth-order valence-corrected chi connectivity index (χ4v) is 3.23. The zero-order valence-corrected chi connectivity index (χ0v) is 17.9. The molecule has 1 amide bonds. The maximum absolute atomic E-state index is 12.6. The molecule has 0 unspecified atom stereocenters. The van der Waals surface area contributed by atoms with Gasteiger partial charge in [-0.15, -0.1) is 0 Å². The first-order valence-corrected chi connectivity index (χ1v) is 10.5. The van der Waals surface area contributed by atoms with Gasteiger partial charge in [-0.2, -0.15) is 0 Å². The predicted molar refractivity (Wildman–Crippen MR) is 121 cm³/mol. The lowest BCUT2D eigenvalue weighted by atomic mass is 10.0. The van der Waals surface area contributed by atoms with Crippen LogP contribution in [-0.2, 0) is 6.42 Å². The molecule has 0 heterocycles. The van der Waals surface area contributed by atoms with E-state index in [0.29, 0.717) is 48.6 Å². The maximum atomic E-state index is 12.6. The van der Waals surface area contributed by atoms with Gasteiger partial charge in [0.2, 0.25) is 0 Å². The van der Waals surface area contributed by atoms with Gasteiger partial charge < -0.3 is 14.8 Å². The number of ether oxygens (including phenoxy) is 2. The second-order valence-electron chi connectivity index (χ2n) is 6.93. The van der Waals surface area contributed by atoms with Crippen LogP contribution >= 0.6 is 0 Å². The van der Waals surface area contributed by atoms with Crippen molar-refractivity contribution in [2.75, 3.05) is 19.8 Å². The van der Waals surface area contributed by atoms with Crippen molar-refractivity contribution in [3.8, 4) is 11.5 Å². The highest BCUT2D eigenvalue weighted by molar-refractivity contribution is 6.10. The molecule has 0 bridgehead atoms. The van der Waals surface area contributed by atoms with Gasteiger partial charge in [0.25, 0.3) is 5.91 Å². The normalized spacial score (nSPS) is 10.4. The second kappa shape index (κ2) is 11.0. The summed E-state index contributed by atoms with van der Waals surface area (Å²) in [5.74, 6) is 1.11. The zero-order chi connectivity index (χ0) is 22.1. The summed E-state index contributed by atoms with van der Waals surface area (Å²) in [7, 11) is 0. The Labute approximate surface area is 183 Å². The zero-order valence-electron chi connectivity index (χ0n) is 17.9. The fourth-order valence-electron chi connectivity index (χ4n) is 3.23. The van der Waals surface area contributed by atoms with Crippen LogP contribution in [0.3, 0.4) is 0 Å². The van der Waals surface area contributed by atoms with Crippen LogP contribution in [0.1, 0.15) is 45.7 Å². The molecule has 31 heavy (non-hydrogen) atoms. The Morgan fingerprint density at radius 2 is 1.42 bits per heavy atom. The lowest BCUT2D eigenvalue weighted by Gasteiger charge is -2.13. The molecule has 0 aliphatic carbocycles. The van der Waals surface area contributed by atoms with Gasteiger partial charge in [-0.05, 0) is 50.1 Å². The fraction of sp³-hybridized carbons (Fsp3) is 0.231. The number of hydrogen-bond donors (Lipinski definition) is 1. The van der Waals surface area contributed by atoms with Gasteiger partial charge in [0.15, 0.2) is 17.3 Å². The van der Waals surface area contributed by atoms with Crippen LogP contribution in [0.2, 0.25) is 0 Å². The van der Waals surface area contributed by atoms with Crippen molar-refractivity contribution in [2.45, 2.75) is 20.3 Å². The van der Waals surface area contributed by atoms with Crippen LogP contribution in [0.15, 0.2) is 72.8 Å². The standard InChI is InChI=1S/C26H27NO4/c1-3-30-23-14-13-19(17-24(23)31-4-2)15-16-27-26(29)22-12-8-11-21(18-22)25(28)20-9-6-5-7-10-20/h5-14,17-18H,3-4,15-16H2,1-2H3,(H,27,29). The Morgan fingerprint density at radius 3 is 2.16 bits per heavy atom. The van der Waals surface area contributed by atoms with Gasteiger partial charge in [0, 0.05) is 23.2 Å². The van der Waals surface area contributed by atoms with Gasteiger partial charge in [0.1, 0.15) is 0 Å². The Morgan fingerprint density at radius 1 is 0.742 bits per heavy atom. The van der Waals surface area contributed by atoms with E-state index in [4.69, 9.17) is 9.47 Å². The molecular weight excluding hydrogens is 390 g/mol. The molecular formula is C26H27NO4. The molecule has 0 saturated carbocycles. The lowest BCUT2D eigenvalue weighted by Crippen LogP contribution is -2.26.